The molecular formula is C31H40ClF2N7O5S. The number of hydrogen-bond donors (Lipinski definition) is 3. The summed E-state index contributed by atoms with van der Waals surface area (Å²) in [5, 5.41) is 5.21. The van der Waals surface area contributed by atoms with Crippen LogP contribution in [0.25, 0.3) is 0 Å². The number of carbonyl (C=O) groups excluding carboxylic acids is 3. The van der Waals surface area contributed by atoms with E-state index < -0.39 is 21.9 Å². The number of carbonyl (C=O) groups is 3. The van der Waals surface area contributed by atoms with Gasteiger partial charge in [0, 0.05) is 75.3 Å². The van der Waals surface area contributed by atoms with Crippen molar-refractivity contribution in [3.05, 3.63) is 47.1 Å². The summed E-state index contributed by atoms with van der Waals surface area (Å²) in [6.07, 6.45) is 2.16. The van der Waals surface area contributed by atoms with Crippen LogP contribution in [-0.2, 0) is 30.3 Å². The van der Waals surface area contributed by atoms with Crippen molar-refractivity contribution in [3.63, 3.8) is 0 Å². The number of aromatic nitrogens is 1. The highest BCUT2D eigenvalue weighted by atomic mass is 35.5. The van der Waals surface area contributed by atoms with E-state index in [0.717, 1.165) is 6.42 Å². The topological polar surface area (TPSA) is 158 Å². The molecule has 1 aromatic carbocycles. The van der Waals surface area contributed by atoms with Crippen molar-refractivity contribution in [1.29, 1.82) is 0 Å². The molecule has 47 heavy (non-hydrogen) atoms. The van der Waals surface area contributed by atoms with Crippen LogP contribution in [0.1, 0.15) is 44.1 Å². The summed E-state index contributed by atoms with van der Waals surface area (Å²) in [7, 11) is -3.81. The molecule has 0 unspecified atom stereocenters. The highest BCUT2D eigenvalue weighted by molar-refractivity contribution is 7.89. The molecule has 0 bridgehead atoms. The van der Waals surface area contributed by atoms with E-state index in [2.05, 4.69) is 15.6 Å². The molecule has 4 N–H and O–H groups in total. The summed E-state index contributed by atoms with van der Waals surface area (Å²) in [6, 6.07) is 8.77. The summed E-state index contributed by atoms with van der Waals surface area (Å²) in [5.41, 5.74) is 5.63. The fourth-order valence-electron chi connectivity index (χ4n) is 6.42. The molecular weight excluding hydrogens is 656 g/mol. The molecule has 0 spiro atoms. The highest BCUT2D eigenvalue weighted by Crippen LogP contribution is 2.46. The van der Waals surface area contributed by atoms with Gasteiger partial charge in [-0.25, -0.2) is 22.2 Å². The zero-order valence-corrected chi connectivity index (χ0v) is 27.5. The second-order valence-electron chi connectivity index (χ2n) is 12.1. The number of rotatable bonds is 11. The summed E-state index contributed by atoms with van der Waals surface area (Å²) in [4.78, 5) is 43.6. The van der Waals surface area contributed by atoms with Crippen LogP contribution in [0.15, 0.2) is 41.3 Å². The van der Waals surface area contributed by atoms with Gasteiger partial charge in [0.1, 0.15) is 11.0 Å². The van der Waals surface area contributed by atoms with E-state index in [0.29, 0.717) is 31.5 Å². The van der Waals surface area contributed by atoms with E-state index in [1.165, 1.54) is 28.6 Å². The number of alkyl halides is 2. The minimum Gasteiger partial charge on any atom is -0.354 e. The average Bonchev–Trinajstić information content (AvgIpc) is 3.51. The Labute approximate surface area is 278 Å². The van der Waals surface area contributed by atoms with Gasteiger partial charge in [0.2, 0.25) is 27.7 Å². The zero-order valence-electron chi connectivity index (χ0n) is 26.0. The normalized spacial score (nSPS) is 21.1. The first-order valence-electron chi connectivity index (χ1n) is 15.9. The lowest BCUT2D eigenvalue weighted by molar-refractivity contribution is -0.129. The Kier molecular flexibility index (Phi) is 11.0. The van der Waals surface area contributed by atoms with Crippen LogP contribution >= 0.6 is 11.6 Å². The summed E-state index contributed by atoms with van der Waals surface area (Å²) < 4.78 is 59.8. The molecule has 3 heterocycles. The molecule has 2 saturated heterocycles. The van der Waals surface area contributed by atoms with Crippen molar-refractivity contribution in [2.75, 3.05) is 62.2 Å². The lowest BCUT2D eigenvalue weighted by Crippen LogP contribution is -2.49. The van der Waals surface area contributed by atoms with Crippen molar-refractivity contribution in [2.24, 2.45) is 17.6 Å². The Bertz CT molecular complexity index is 1560. The van der Waals surface area contributed by atoms with Gasteiger partial charge in [-0.1, -0.05) is 11.6 Å². The molecule has 5 rings (SSSR count). The minimum absolute atomic E-state index is 0.0175. The van der Waals surface area contributed by atoms with Crippen molar-refractivity contribution >= 4 is 50.9 Å². The SMILES string of the molecule is NCC(=O)NCCNC(=O)[C@H]1CC[C@H](C(F)(F)c2cc(Cl)nc(N3CCN(S(=O)(=O)c4ccc(N5CCCC5=O)cc4)CC3)c2)CC1. The van der Waals surface area contributed by atoms with E-state index in [1.54, 1.807) is 21.9 Å². The number of hydrogen-bond acceptors (Lipinski definition) is 8. The molecule has 3 amide bonds. The summed E-state index contributed by atoms with van der Waals surface area (Å²) >= 11 is 6.23. The maximum absolute atomic E-state index is 15.8. The van der Waals surface area contributed by atoms with Crippen LogP contribution in [-0.4, -0.2) is 87.8 Å². The molecule has 0 atom stereocenters. The predicted octanol–water partition coefficient (Wildman–Crippen LogP) is 2.46. The number of halogens is 3. The maximum Gasteiger partial charge on any atom is 0.276 e. The van der Waals surface area contributed by atoms with Gasteiger partial charge in [-0.3, -0.25) is 14.4 Å². The fraction of sp³-hybridized carbons (Fsp3) is 0.548. The lowest BCUT2D eigenvalue weighted by Gasteiger charge is -2.36. The molecule has 1 aromatic heterocycles. The van der Waals surface area contributed by atoms with Gasteiger partial charge in [-0.2, -0.15) is 4.31 Å². The van der Waals surface area contributed by atoms with Crippen molar-refractivity contribution in [1.82, 2.24) is 19.9 Å². The first-order chi connectivity index (χ1) is 22.4. The van der Waals surface area contributed by atoms with Crippen LogP contribution in [0, 0.1) is 11.8 Å². The molecule has 3 aliphatic rings. The monoisotopic (exact) mass is 695 g/mol. The van der Waals surface area contributed by atoms with Crippen LogP contribution in [0.3, 0.4) is 0 Å². The Morgan fingerprint density at radius 2 is 1.64 bits per heavy atom. The molecule has 2 aromatic rings. The Morgan fingerprint density at radius 3 is 2.26 bits per heavy atom. The van der Waals surface area contributed by atoms with Crippen LogP contribution in [0.4, 0.5) is 20.3 Å². The van der Waals surface area contributed by atoms with E-state index in [9.17, 15) is 22.8 Å². The molecule has 1 saturated carbocycles. The first kappa shape index (κ1) is 34.9. The zero-order chi connectivity index (χ0) is 33.8. The van der Waals surface area contributed by atoms with Crippen LogP contribution in [0.2, 0.25) is 5.15 Å². The molecule has 256 valence electrons. The second kappa shape index (κ2) is 14.8. The average molecular weight is 696 g/mol. The van der Waals surface area contributed by atoms with E-state index in [-0.39, 0.29) is 104 Å². The van der Waals surface area contributed by atoms with Gasteiger partial charge in [0.25, 0.3) is 5.92 Å². The van der Waals surface area contributed by atoms with Crippen molar-refractivity contribution < 1.29 is 31.6 Å². The molecule has 0 radical (unpaired) electrons. The second-order valence-corrected chi connectivity index (χ2v) is 14.4. The third-order valence-corrected chi connectivity index (χ3v) is 11.2. The molecule has 16 heteroatoms. The number of anilines is 2. The Balaban J connectivity index is 1.16. The predicted molar refractivity (Wildman–Crippen MR) is 173 cm³/mol. The lowest BCUT2D eigenvalue weighted by atomic mass is 9.77. The van der Waals surface area contributed by atoms with Gasteiger partial charge in [0.05, 0.1) is 11.4 Å². The number of benzene rings is 1. The number of amides is 3. The highest BCUT2D eigenvalue weighted by Gasteiger charge is 2.44. The fourth-order valence-corrected chi connectivity index (χ4v) is 8.05. The van der Waals surface area contributed by atoms with Gasteiger partial charge >= 0.3 is 0 Å². The van der Waals surface area contributed by atoms with Crippen LogP contribution in [0.5, 0.6) is 0 Å². The standard InChI is InChI=1S/C31H40ClF2N7O5S/c32-26-18-23(31(33,34)22-5-3-21(4-6-22)30(44)37-12-11-36-28(42)20-35)19-27(38-26)39-14-16-40(17-15-39)47(45,46)25-9-7-24(8-10-25)41-13-1-2-29(41)43/h7-10,18-19,21-22H,1-6,11-17,20,35H2,(H,36,42)(H,37,44)/t21-,22-. The van der Waals surface area contributed by atoms with Gasteiger partial charge in [0.15, 0.2) is 0 Å². The van der Waals surface area contributed by atoms with Crippen molar-refractivity contribution in [2.45, 2.75) is 49.3 Å². The van der Waals surface area contributed by atoms with E-state index >= 15 is 8.78 Å². The Morgan fingerprint density at radius 1 is 0.979 bits per heavy atom. The smallest absolute Gasteiger partial charge is 0.276 e. The van der Waals surface area contributed by atoms with Gasteiger partial charge in [-0.05, 0) is 68.5 Å². The first-order valence-corrected chi connectivity index (χ1v) is 17.7. The molecule has 3 fully saturated rings. The largest absolute Gasteiger partial charge is 0.354 e. The third-order valence-electron chi connectivity index (χ3n) is 9.13. The van der Waals surface area contributed by atoms with Crippen molar-refractivity contribution in [3.8, 4) is 0 Å². The molecule has 12 nitrogen and oxygen atoms in total. The number of pyridine rings is 1. The summed E-state index contributed by atoms with van der Waals surface area (Å²) in [6.45, 7) is 1.65. The minimum atomic E-state index is -3.81. The Hall–Kier alpha value is -3.40. The number of nitrogens with two attached hydrogens (primary N) is 1. The quantitative estimate of drug-likeness (QED) is 0.239. The number of piperazine rings is 1. The number of nitrogens with one attached hydrogen (secondary N) is 2. The molecule has 1 aliphatic carbocycles. The molecule has 2 aliphatic heterocycles. The maximum atomic E-state index is 15.8. The van der Waals surface area contributed by atoms with Gasteiger partial charge < -0.3 is 26.2 Å². The van der Waals surface area contributed by atoms with E-state index in [1.807, 2.05) is 0 Å². The van der Waals surface area contributed by atoms with Crippen LogP contribution < -0.4 is 26.2 Å². The van der Waals surface area contributed by atoms with E-state index in [4.69, 9.17) is 17.3 Å². The summed E-state index contributed by atoms with van der Waals surface area (Å²) in [5.74, 6) is -4.87. The number of sulfonamides is 1. The number of nitrogens with zero attached hydrogens (tertiary/aromatic N) is 4. The van der Waals surface area contributed by atoms with Gasteiger partial charge in [-0.15, -0.1) is 0 Å². The third kappa shape index (κ3) is 8.02.